The molecule has 20 heavy (non-hydrogen) atoms. The highest BCUT2D eigenvalue weighted by Gasteiger charge is 2.46. The predicted octanol–water partition coefficient (Wildman–Crippen LogP) is 4.72. The van der Waals surface area contributed by atoms with Gasteiger partial charge < -0.3 is 5.73 Å². The average Bonchev–Trinajstić information content (AvgIpc) is 2.75. The Hall–Kier alpha value is -1.60. The Labute approximate surface area is 121 Å². The molecule has 2 aromatic carbocycles. The van der Waals surface area contributed by atoms with Crippen LogP contribution in [0.4, 0.5) is 0 Å². The minimum atomic E-state index is -0.178. The summed E-state index contributed by atoms with van der Waals surface area (Å²) in [5.74, 6) is 0. The van der Waals surface area contributed by atoms with Crippen LogP contribution < -0.4 is 5.73 Å². The summed E-state index contributed by atoms with van der Waals surface area (Å²) < 4.78 is 0. The number of hydrogen-bond donors (Lipinski definition) is 1. The normalized spacial score (nSPS) is 24.8. The van der Waals surface area contributed by atoms with Gasteiger partial charge in [-0.2, -0.15) is 0 Å². The average molecular weight is 265 g/mol. The summed E-state index contributed by atoms with van der Waals surface area (Å²) in [6, 6.07) is 19.3. The van der Waals surface area contributed by atoms with Crippen LogP contribution >= 0.6 is 0 Å². The van der Waals surface area contributed by atoms with Crippen molar-refractivity contribution in [1.82, 2.24) is 0 Å². The van der Waals surface area contributed by atoms with Gasteiger partial charge in [-0.3, -0.25) is 0 Å². The molecule has 1 heteroatoms. The summed E-state index contributed by atoms with van der Waals surface area (Å²) in [6.07, 6.45) is 3.53. The summed E-state index contributed by atoms with van der Waals surface area (Å²) in [6.45, 7) is 4.59. The molecule has 1 unspecified atom stereocenters. The standard InChI is InChI=1S/C19H23N/c1-18(2)13-6-14-19(18,20)17-11-9-16(10-12-17)15-7-4-3-5-8-15/h3-5,7-12H,6,13-14,20H2,1-2H3. The van der Waals surface area contributed by atoms with Crippen LogP contribution in [0.25, 0.3) is 11.1 Å². The highest BCUT2D eigenvalue weighted by atomic mass is 14.8. The van der Waals surface area contributed by atoms with Gasteiger partial charge in [0.25, 0.3) is 0 Å². The van der Waals surface area contributed by atoms with E-state index in [-0.39, 0.29) is 11.0 Å². The van der Waals surface area contributed by atoms with Crippen LogP contribution in [-0.2, 0) is 5.54 Å². The highest BCUT2D eigenvalue weighted by Crippen LogP contribution is 2.50. The maximum absolute atomic E-state index is 6.75. The lowest BCUT2D eigenvalue weighted by Gasteiger charge is -2.38. The van der Waals surface area contributed by atoms with E-state index in [1.807, 2.05) is 6.07 Å². The van der Waals surface area contributed by atoms with Crippen LogP contribution in [0, 0.1) is 5.41 Å². The van der Waals surface area contributed by atoms with E-state index in [0.717, 1.165) is 6.42 Å². The molecular weight excluding hydrogens is 242 g/mol. The van der Waals surface area contributed by atoms with Crippen LogP contribution in [0.15, 0.2) is 54.6 Å². The molecule has 3 rings (SSSR count). The number of nitrogens with two attached hydrogens (primary N) is 1. The van der Waals surface area contributed by atoms with Crippen molar-refractivity contribution >= 4 is 0 Å². The quantitative estimate of drug-likeness (QED) is 0.835. The first-order valence-corrected chi connectivity index (χ1v) is 7.48. The Morgan fingerprint density at radius 2 is 1.40 bits per heavy atom. The Bertz CT molecular complexity index is 583. The molecule has 0 amide bonds. The molecule has 1 aliphatic carbocycles. The summed E-state index contributed by atoms with van der Waals surface area (Å²) in [4.78, 5) is 0. The molecule has 0 aromatic heterocycles. The van der Waals surface area contributed by atoms with E-state index < -0.39 is 0 Å². The summed E-state index contributed by atoms with van der Waals surface area (Å²) in [5, 5.41) is 0. The van der Waals surface area contributed by atoms with Gasteiger partial charge in [0.2, 0.25) is 0 Å². The molecule has 0 radical (unpaired) electrons. The molecule has 104 valence electrons. The number of benzene rings is 2. The van der Waals surface area contributed by atoms with Crippen LogP contribution in [-0.4, -0.2) is 0 Å². The van der Waals surface area contributed by atoms with Gasteiger partial charge in [0.15, 0.2) is 0 Å². The Kier molecular flexibility index (Phi) is 3.18. The second-order valence-corrected chi connectivity index (χ2v) is 6.65. The topological polar surface area (TPSA) is 26.0 Å². The van der Waals surface area contributed by atoms with Crippen molar-refractivity contribution in [2.45, 2.75) is 38.6 Å². The van der Waals surface area contributed by atoms with E-state index in [0.29, 0.717) is 0 Å². The van der Waals surface area contributed by atoms with Gasteiger partial charge in [-0.15, -0.1) is 0 Å². The van der Waals surface area contributed by atoms with E-state index in [1.165, 1.54) is 29.5 Å². The molecule has 1 fully saturated rings. The van der Waals surface area contributed by atoms with Gasteiger partial charge in [-0.05, 0) is 34.9 Å². The van der Waals surface area contributed by atoms with E-state index in [4.69, 9.17) is 5.73 Å². The van der Waals surface area contributed by atoms with Gasteiger partial charge in [0, 0.05) is 5.54 Å². The minimum absolute atomic E-state index is 0.178. The SMILES string of the molecule is CC1(C)CCCC1(N)c1ccc(-c2ccccc2)cc1. The second-order valence-electron chi connectivity index (χ2n) is 6.65. The Morgan fingerprint density at radius 3 is 1.95 bits per heavy atom. The maximum Gasteiger partial charge on any atom is 0.0461 e. The Morgan fingerprint density at radius 1 is 0.800 bits per heavy atom. The molecule has 0 bridgehead atoms. The van der Waals surface area contributed by atoms with Crippen molar-refractivity contribution in [1.29, 1.82) is 0 Å². The van der Waals surface area contributed by atoms with E-state index >= 15 is 0 Å². The molecule has 0 heterocycles. The third-order valence-electron chi connectivity index (χ3n) is 5.09. The lowest BCUT2D eigenvalue weighted by Crippen LogP contribution is -2.45. The smallest absolute Gasteiger partial charge is 0.0461 e. The zero-order chi connectivity index (χ0) is 14.2. The van der Waals surface area contributed by atoms with Crippen LogP contribution in [0.2, 0.25) is 0 Å². The van der Waals surface area contributed by atoms with Crippen LogP contribution in [0.5, 0.6) is 0 Å². The number of hydrogen-bond acceptors (Lipinski definition) is 1. The van der Waals surface area contributed by atoms with Gasteiger partial charge in [0.05, 0.1) is 0 Å². The third-order valence-corrected chi connectivity index (χ3v) is 5.09. The van der Waals surface area contributed by atoms with Crippen molar-refractivity contribution in [3.63, 3.8) is 0 Å². The molecule has 0 aliphatic heterocycles. The molecular formula is C19H23N. The van der Waals surface area contributed by atoms with Crippen molar-refractivity contribution < 1.29 is 0 Å². The van der Waals surface area contributed by atoms with E-state index in [9.17, 15) is 0 Å². The fourth-order valence-corrected chi connectivity index (χ4v) is 3.50. The monoisotopic (exact) mass is 265 g/mol. The molecule has 0 spiro atoms. The fraction of sp³-hybridized carbons (Fsp3) is 0.368. The van der Waals surface area contributed by atoms with E-state index in [2.05, 4.69) is 62.4 Å². The minimum Gasteiger partial charge on any atom is -0.321 e. The predicted molar refractivity (Wildman–Crippen MR) is 85.4 cm³/mol. The lowest BCUT2D eigenvalue weighted by atomic mass is 9.71. The lowest BCUT2D eigenvalue weighted by molar-refractivity contribution is 0.210. The van der Waals surface area contributed by atoms with Gasteiger partial charge in [-0.1, -0.05) is 74.9 Å². The van der Waals surface area contributed by atoms with Gasteiger partial charge in [0.1, 0.15) is 0 Å². The molecule has 2 aromatic rings. The van der Waals surface area contributed by atoms with Crippen molar-refractivity contribution in [2.75, 3.05) is 0 Å². The first kappa shape index (κ1) is 13.4. The van der Waals surface area contributed by atoms with Gasteiger partial charge >= 0.3 is 0 Å². The summed E-state index contributed by atoms with van der Waals surface area (Å²) >= 11 is 0. The van der Waals surface area contributed by atoms with Crippen LogP contribution in [0.3, 0.4) is 0 Å². The zero-order valence-corrected chi connectivity index (χ0v) is 12.4. The first-order valence-electron chi connectivity index (χ1n) is 7.48. The molecule has 0 saturated heterocycles. The van der Waals surface area contributed by atoms with Crippen molar-refractivity contribution in [3.05, 3.63) is 60.2 Å². The fourth-order valence-electron chi connectivity index (χ4n) is 3.50. The first-order chi connectivity index (χ1) is 9.53. The molecule has 1 saturated carbocycles. The summed E-state index contributed by atoms with van der Waals surface area (Å²) in [7, 11) is 0. The maximum atomic E-state index is 6.75. The van der Waals surface area contributed by atoms with Crippen molar-refractivity contribution in [3.8, 4) is 11.1 Å². The largest absolute Gasteiger partial charge is 0.321 e. The number of rotatable bonds is 2. The molecule has 1 nitrogen and oxygen atoms in total. The zero-order valence-electron chi connectivity index (χ0n) is 12.4. The summed E-state index contributed by atoms with van der Waals surface area (Å²) in [5.41, 5.74) is 10.5. The molecule has 2 N–H and O–H groups in total. The third kappa shape index (κ3) is 2.06. The van der Waals surface area contributed by atoms with E-state index in [1.54, 1.807) is 0 Å². The van der Waals surface area contributed by atoms with Crippen LogP contribution in [0.1, 0.15) is 38.7 Å². The highest BCUT2D eigenvalue weighted by molar-refractivity contribution is 5.63. The van der Waals surface area contributed by atoms with Crippen molar-refractivity contribution in [2.24, 2.45) is 11.1 Å². The second kappa shape index (κ2) is 4.75. The van der Waals surface area contributed by atoms with Gasteiger partial charge in [-0.25, -0.2) is 0 Å². The molecule has 1 atom stereocenters. The molecule has 1 aliphatic rings. The Balaban J connectivity index is 1.95.